The van der Waals surface area contributed by atoms with Crippen molar-refractivity contribution in [3.63, 3.8) is 0 Å². The van der Waals surface area contributed by atoms with Crippen LogP contribution in [0.4, 0.5) is 4.39 Å². The lowest BCUT2D eigenvalue weighted by atomic mass is 9.97. The van der Waals surface area contributed by atoms with Crippen LogP contribution >= 0.6 is 0 Å². The molecule has 1 aromatic carbocycles. The first kappa shape index (κ1) is 12.0. The van der Waals surface area contributed by atoms with E-state index in [0.29, 0.717) is 11.5 Å². The Labute approximate surface area is 89.9 Å². The quantitative estimate of drug-likeness (QED) is 0.804. The average molecular weight is 211 g/mol. The van der Waals surface area contributed by atoms with E-state index < -0.39 is 5.82 Å². The molecule has 3 N–H and O–H groups in total. The number of nitrogens with two attached hydrogens (primary N) is 1. The van der Waals surface area contributed by atoms with E-state index in [1.807, 2.05) is 0 Å². The second-order valence-corrected chi connectivity index (χ2v) is 4.26. The fourth-order valence-electron chi connectivity index (χ4n) is 1.50. The van der Waals surface area contributed by atoms with Crippen LogP contribution < -0.4 is 5.73 Å². The van der Waals surface area contributed by atoms with Gasteiger partial charge in [-0.2, -0.15) is 0 Å². The van der Waals surface area contributed by atoms with Gasteiger partial charge in [-0.3, -0.25) is 0 Å². The zero-order chi connectivity index (χ0) is 11.4. The molecule has 0 radical (unpaired) electrons. The maximum Gasteiger partial charge on any atom is 0.165 e. The van der Waals surface area contributed by atoms with Crippen LogP contribution in [0.15, 0.2) is 18.2 Å². The summed E-state index contributed by atoms with van der Waals surface area (Å²) in [6.45, 7) is 4.22. The van der Waals surface area contributed by atoms with Crippen molar-refractivity contribution < 1.29 is 9.50 Å². The van der Waals surface area contributed by atoms with Crippen LogP contribution in [0.2, 0.25) is 0 Å². The molecule has 0 spiro atoms. The van der Waals surface area contributed by atoms with E-state index >= 15 is 0 Å². The van der Waals surface area contributed by atoms with Crippen molar-refractivity contribution in [2.45, 2.75) is 32.7 Å². The summed E-state index contributed by atoms with van der Waals surface area (Å²) >= 11 is 0. The van der Waals surface area contributed by atoms with Crippen LogP contribution in [-0.4, -0.2) is 5.11 Å². The summed E-state index contributed by atoms with van der Waals surface area (Å²) in [5.74, 6) is -0.354. The van der Waals surface area contributed by atoms with Crippen molar-refractivity contribution in [3.8, 4) is 5.75 Å². The molecule has 0 aliphatic heterocycles. The number of aromatic hydroxyl groups is 1. The number of phenolic OH excluding ortho intramolecular Hbond substituents is 1. The highest BCUT2D eigenvalue weighted by atomic mass is 19.1. The van der Waals surface area contributed by atoms with Crippen LogP contribution in [-0.2, 0) is 0 Å². The predicted molar refractivity (Wildman–Crippen MR) is 59.1 cm³/mol. The number of rotatable bonds is 4. The molecular weight excluding hydrogens is 193 g/mol. The van der Waals surface area contributed by atoms with Gasteiger partial charge in [0.15, 0.2) is 11.6 Å². The van der Waals surface area contributed by atoms with Crippen LogP contribution in [0.25, 0.3) is 0 Å². The summed E-state index contributed by atoms with van der Waals surface area (Å²) < 4.78 is 13.0. The molecule has 0 aliphatic carbocycles. The molecule has 0 saturated heterocycles. The van der Waals surface area contributed by atoms with Gasteiger partial charge >= 0.3 is 0 Å². The number of para-hydroxylation sites is 1. The molecule has 0 saturated carbocycles. The zero-order valence-corrected chi connectivity index (χ0v) is 9.20. The van der Waals surface area contributed by atoms with Crippen LogP contribution in [0, 0.1) is 11.7 Å². The third-order valence-electron chi connectivity index (χ3n) is 2.47. The maximum absolute atomic E-state index is 13.0. The van der Waals surface area contributed by atoms with Gasteiger partial charge in [0.2, 0.25) is 0 Å². The van der Waals surface area contributed by atoms with E-state index in [9.17, 15) is 9.50 Å². The largest absolute Gasteiger partial charge is 0.505 e. The van der Waals surface area contributed by atoms with E-state index in [1.165, 1.54) is 6.07 Å². The summed E-state index contributed by atoms with van der Waals surface area (Å²) in [6, 6.07) is 4.18. The van der Waals surface area contributed by atoms with Gasteiger partial charge in [-0.25, -0.2) is 4.39 Å². The SMILES string of the molecule is CC(C)CC[C@@H](N)c1cccc(F)c1O. The minimum atomic E-state index is -0.604. The topological polar surface area (TPSA) is 46.2 Å². The number of benzene rings is 1. The summed E-state index contributed by atoms with van der Waals surface area (Å²) in [7, 11) is 0. The van der Waals surface area contributed by atoms with Crippen molar-refractivity contribution in [3.05, 3.63) is 29.6 Å². The summed E-state index contributed by atoms with van der Waals surface area (Å²) in [4.78, 5) is 0. The first-order valence-electron chi connectivity index (χ1n) is 5.25. The monoisotopic (exact) mass is 211 g/mol. The molecule has 0 aromatic heterocycles. The highest BCUT2D eigenvalue weighted by Crippen LogP contribution is 2.28. The van der Waals surface area contributed by atoms with Crippen molar-refractivity contribution in [1.29, 1.82) is 0 Å². The molecule has 2 nitrogen and oxygen atoms in total. The minimum absolute atomic E-state index is 0.289. The van der Waals surface area contributed by atoms with Crippen LogP contribution in [0.5, 0.6) is 5.75 Å². The molecule has 0 bridgehead atoms. The maximum atomic E-state index is 13.0. The molecule has 84 valence electrons. The van der Waals surface area contributed by atoms with E-state index in [0.717, 1.165) is 12.8 Å². The molecule has 0 heterocycles. The fourth-order valence-corrected chi connectivity index (χ4v) is 1.50. The normalized spacial score (nSPS) is 13.1. The van der Waals surface area contributed by atoms with Gasteiger partial charge in [-0.1, -0.05) is 26.0 Å². The Kier molecular flexibility index (Phi) is 4.09. The molecule has 15 heavy (non-hydrogen) atoms. The van der Waals surface area contributed by atoms with E-state index in [2.05, 4.69) is 13.8 Å². The Morgan fingerprint density at radius 3 is 2.60 bits per heavy atom. The summed E-state index contributed by atoms with van der Waals surface area (Å²) in [5.41, 5.74) is 6.38. The predicted octanol–water partition coefficient (Wildman–Crippen LogP) is 2.97. The fraction of sp³-hybridized carbons (Fsp3) is 0.500. The van der Waals surface area contributed by atoms with Crippen molar-refractivity contribution in [1.82, 2.24) is 0 Å². The minimum Gasteiger partial charge on any atom is -0.505 e. The Morgan fingerprint density at radius 1 is 1.33 bits per heavy atom. The first-order chi connectivity index (χ1) is 7.02. The summed E-state index contributed by atoms with van der Waals surface area (Å²) in [5, 5.41) is 9.48. The van der Waals surface area contributed by atoms with Gasteiger partial charge in [-0.15, -0.1) is 0 Å². The lowest BCUT2D eigenvalue weighted by Gasteiger charge is -2.14. The molecule has 1 rings (SSSR count). The van der Waals surface area contributed by atoms with E-state index in [1.54, 1.807) is 12.1 Å². The number of halogens is 1. The molecule has 0 unspecified atom stereocenters. The van der Waals surface area contributed by atoms with Crippen molar-refractivity contribution in [2.75, 3.05) is 0 Å². The number of phenols is 1. The van der Waals surface area contributed by atoms with E-state index in [-0.39, 0.29) is 11.8 Å². The van der Waals surface area contributed by atoms with Crippen molar-refractivity contribution >= 4 is 0 Å². The highest BCUT2D eigenvalue weighted by molar-refractivity contribution is 5.35. The molecule has 0 fully saturated rings. The lowest BCUT2D eigenvalue weighted by Crippen LogP contribution is -2.11. The van der Waals surface area contributed by atoms with Gasteiger partial charge in [-0.05, 0) is 24.8 Å². The average Bonchev–Trinajstić information content (AvgIpc) is 2.18. The first-order valence-corrected chi connectivity index (χ1v) is 5.25. The Morgan fingerprint density at radius 2 is 2.00 bits per heavy atom. The highest BCUT2D eigenvalue weighted by Gasteiger charge is 2.13. The van der Waals surface area contributed by atoms with Gasteiger partial charge in [0.05, 0.1) is 0 Å². The standard InChI is InChI=1S/C12H18FNO/c1-8(2)6-7-11(14)9-4-3-5-10(13)12(9)15/h3-5,8,11,15H,6-7,14H2,1-2H3/t11-/m1/s1. The Bertz CT molecular complexity index is 325. The van der Waals surface area contributed by atoms with Crippen LogP contribution in [0.3, 0.4) is 0 Å². The van der Waals surface area contributed by atoms with Gasteiger partial charge in [0.1, 0.15) is 0 Å². The summed E-state index contributed by atoms with van der Waals surface area (Å²) in [6.07, 6.45) is 1.73. The van der Waals surface area contributed by atoms with Gasteiger partial charge < -0.3 is 10.8 Å². The molecular formula is C12H18FNO. The van der Waals surface area contributed by atoms with Crippen molar-refractivity contribution in [2.24, 2.45) is 11.7 Å². The second-order valence-electron chi connectivity index (χ2n) is 4.26. The van der Waals surface area contributed by atoms with E-state index in [4.69, 9.17) is 5.73 Å². The second kappa shape index (κ2) is 5.12. The van der Waals surface area contributed by atoms with Gasteiger partial charge in [0.25, 0.3) is 0 Å². The third-order valence-corrected chi connectivity index (χ3v) is 2.47. The number of hydrogen-bond acceptors (Lipinski definition) is 2. The zero-order valence-electron chi connectivity index (χ0n) is 9.20. The molecule has 1 atom stereocenters. The Balaban J connectivity index is 2.73. The molecule has 1 aromatic rings. The number of hydrogen-bond donors (Lipinski definition) is 2. The van der Waals surface area contributed by atoms with Gasteiger partial charge in [0, 0.05) is 11.6 Å². The molecule has 0 aliphatic rings. The third kappa shape index (κ3) is 3.20. The Hall–Kier alpha value is -1.09. The van der Waals surface area contributed by atoms with Crippen LogP contribution in [0.1, 0.15) is 38.3 Å². The lowest BCUT2D eigenvalue weighted by molar-refractivity contribution is 0.413. The molecule has 3 heteroatoms. The smallest absolute Gasteiger partial charge is 0.165 e. The molecule has 0 amide bonds.